The zero-order valence-electron chi connectivity index (χ0n) is 16.5. The minimum absolute atomic E-state index is 0.0419. The Labute approximate surface area is 169 Å². The van der Waals surface area contributed by atoms with Crippen LogP contribution in [0.1, 0.15) is 54.5 Å². The summed E-state index contributed by atoms with van der Waals surface area (Å²) in [5.74, 6) is 1.40. The topological polar surface area (TPSA) is 116 Å². The molecule has 9 nitrogen and oxygen atoms in total. The molecular weight excluding hydrogens is 376 g/mol. The molecule has 29 heavy (non-hydrogen) atoms. The lowest BCUT2D eigenvalue weighted by atomic mass is 9.89. The monoisotopic (exact) mass is 402 g/mol. The van der Waals surface area contributed by atoms with Crippen molar-refractivity contribution >= 4 is 11.8 Å². The van der Waals surface area contributed by atoms with Gasteiger partial charge < -0.3 is 24.6 Å². The van der Waals surface area contributed by atoms with E-state index in [1.165, 1.54) is 6.42 Å². The van der Waals surface area contributed by atoms with Gasteiger partial charge in [-0.15, -0.1) is 0 Å². The minimum atomic E-state index is -0.441. The van der Waals surface area contributed by atoms with Gasteiger partial charge in [0.2, 0.25) is 0 Å². The molecule has 0 atom stereocenters. The fraction of sp³-hybridized carbons (Fsp3) is 0.500. The van der Waals surface area contributed by atoms with E-state index in [1.807, 2.05) is 0 Å². The molecule has 0 unspecified atom stereocenters. The highest BCUT2D eigenvalue weighted by Gasteiger charge is 2.23. The van der Waals surface area contributed by atoms with Crippen LogP contribution >= 0.6 is 0 Å². The highest BCUT2D eigenvalue weighted by molar-refractivity contribution is 5.89. The number of hydrogen-bond donors (Lipinski definition) is 2. The van der Waals surface area contributed by atoms with E-state index in [-0.39, 0.29) is 37.4 Å². The standard InChI is InChI=1S/C20H26N4O5/c1-27-15-7-9-16(10-8-15)28-13-17(25)21-11-12-22-19(26)20-23-18(24-29-20)14-5-3-2-4-6-14/h7-10,14H,2-6,11-13H2,1H3,(H,21,25)(H,22,26). The zero-order valence-corrected chi connectivity index (χ0v) is 16.5. The van der Waals surface area contributed by atoms with Crippen molar-refractivity contribution in [1.29, 1.82) is 0 Å². The molecule has 0 spiro atoms. The molecule has 2 aromatic rings. The molecule has 1 aromatic carbocycles. The first-order valence-corrected chi connectivity index (χ1v) is 9.81. The second kappa shape index (κ2) is 10.4. The molecule has 1 aliphatic rings. The van der Waals surface area contributed by atoms with Gasteiger partial charge >= 0.3 is 11.8 Å². The van der Waals surface area contributed by atoms with Crippen LogP contribution in [0.25, 0.3) is 0 Å². The van der Waals surface area contributed by atoms with E-state index in [4.69, 9.17) is 14.0 Å². The van der Waals surface area contributed by atoms with Crippen molar-refractivity contribution in [2.24, 2.45) is 0 Å². The number of aromatic nitrogens is 2. The molecule has 2 N–H and O–H groups in total. The first kappa shape index (κ1) is 20.6. The number of benzene rings is 1. The Kier molecular flexibility index (Phi) is 7.43. The molecule has 1 heterocycles. The maximum atomic E-state index is 12.1. The third kappa shape index (κ3) is 6.20. The van der Waals surface area contributed by atoms with Crippen molar-refractivity contribution in [3.8, 4) is 11.5 Å². The van der Waals surface area contributed by atoms with Crippen LogP contribution < -0.4 is 20.1 Å². The van der Waals surface area contributed by atoms with Crippen LogP contribution in [-0.2, 0) is 4.79 Å². The molecule has 3 rings (SSSR count). The Hall–Kier alpha value is -3.10. The molecule has 1 saturated carbocycles. The summed E-state index contributed by atoms with van der Waals surface area (Å²) in [7, 11) is 1.58. The van der Waals surface area contributed by atoms with Crippen LogP contribution in [-0.4, -0.2) is 48.8 Å². The van der Waals surface area contributed by atoms with E-state index in [2.05, 4.69) is 20.8 Å². The van der Waals surface area contributed by atoms with Crippen molar-refractivity contribution < 1.29 is 23.6 Å². The van der Waals surface area contributed by atoms with E-state index < -0.39 is 5.91 Å². The number of nitrogens with one attached hydrogen (secondary N) is 2. The number of methoxy groups -OCH3 is 1. The Bertz CT molecular complexity index is 799. The SMILES string of the molecule is COc1ccc(OCC(=O)NCCNC(=O)c2nc(C3CCCCC3)no2)cc1. The van der Waals surface area contributed by atoms with Gasteiger partial charge in [0, 0.05) is 19.0 Å². The molecule has 0 saturated heterocycles. The van der Waals surface area contributed by atoms with Crippen LogP contribution in [0.5, 0.6) is 11.5 Å². The summed E-state index contributed by atoms with van der Waals surface area (Å²) in [4.78, 5) is 28.1. The van der Waals surface area contributed by atoms with Crippen molar-refractivity contribution in [3.05, 3.63) is 36.0 Å². The number of carbonyl (C=O) groups excluding carboxylic acids is 2. The predicted octanol–water partition coefficient (Wildman–Crippen LogP) is 2.05. The highest BCUT2D eigenvalue weighted by Crippen LogP contribution is 2.30. The highest BCUT2D eigenvalue weighted by atomic mass is 16.5. The lowest BCUT2D eigenvalue weighted by Gasteiger charge is -2.17. The molecule has 0 aliphatic heterocycles. The first-order valence-electron chi connectivity index (χ1n) is 9.81. The van der Waals surface area contributed by atoms with Crippen LogP contribution in [0.2, 0.25) is 0 Å². The van der Waals surface area contributed by atoms with Gasteiger partial charge in [-0.05, 0) is 37.1 Å². The normalized spacial score (nSPS) is 14.2. The van der Waals surface area contributed by atoms with Crippen LogP contribution in [0.15, 0.2) is 28.8 Å². The van der Waals surface area contributed by atoms with Gasteiger partial charge in [-0.2, -0.15) is 4.98 Å². The zero-order chi connectivity index (χ0) is 20.5. The quantitative estimate of drug-likeness (QED) is 0.617. The van der Waals surface area contributed by atoms with Gasteiger partial charge in [-0.3, -0.25) is 9.59 Å². The Morgan fingerprint density at radius 1 is 1.07 bits per heavy atom. The van der Waals surface area contributed by atoms with Crippen molar-refractivity contribution in [3.63, 3.8) is 0 Å². The van der Waals surface area contributed by atoms with Gasteiger partial charge in [0.1, 0.15) is 11.5 Å². The average molecular weight is 402 g/mol. The average Bonchev–Trinajstić information content (AvgIpc) is 3.26. The lowest BCUT2D eigenvalue weighted by molar-refractivity contribution is -0.123. The van der Waals surface area contributed by atoms with Crippen molar-refractivity contribution in [2.45, 2.75) is 38.0 Å². The van der Waals surface area contributed by atoms with Gasteiger partial charge in [0.05, 0.1) is 7.11 Å². The maximum Gasteiger partial charge on any atom is 0.315 e. The van der Waals surface area contributed by atoms with E-state index in [9.17, 15) is 9.59 Å². The van der Waals surface area contributed by atoms with Gasteiger partial charge in [-0.25, -0.2) is 0 Å². The Morgan fingerprint density at radius 3 is 2.48 bits per heavy atom. The van der Waals surface area contributed by atoms with E-state index >= 15 is 0 Å². The molecule has 0 radical (unpaired) electrons. The molecule has 1 aromatic heterocycles. The third-order valence-electron chi connectivity index (χ3n) is 4.77. The number of nitrogens with zero attached hydrogens (tertiary/aromatic N) is 2. The summed E-state index contributed by atoms with van der Waals surface area (Å²) < 4.78 is 15.5. The molecule has 1 fully saturated rings. The number of rotatable bonds is 9. The van der Waals surface area contributed by atoms with Crippen LogP contribution in [0, 0.1) is 0 Å². The third-order valence-corrected chi connectivity index (χ3v) is 4.77. The largest absolute Gasteiger partial charge is 0.497 e. The van der Waals surface area contributed by atoms with E-state index in [0.29, 0.717) is 17.3 Å². The molecule has 156 valence electrons. The lowest BCUT2D eigenvalue weighted by Crippen LogP contribution is -2.36. The molecule has 2 amide bonds. The summed E-state index contributed by atoms with van der Waals surface area (Å²) in [6.07, 6.45) is 5.61. The van der Waals surface area contributed by atoms with Crippen molar-refractivity contribution in [1.82, 2.24) is 20.8 Å². The Morgan fingerprint density at radius 2 is 1.76 bits per heavy atom. The van der Waals surface area contributed by atoms with Crippen LogP contribution in [0.3, 0.4) is 0 Å². The van der Waals surface area contributed by atoms with E-state index in [0.717, 1.165) is 25.7 Å². The fourth-order valence-electron chi connectivity index (χ4n) is 3.18. The maximum absolute atomic E-state index is 12.1. The summed E-state index contributed by atoms with van der Waals surface area (Å²) in [5.41, 5.74) is 0. The number of ether oxygens (including phenoxy) is 2. The molecule has 9 heteroatoms. The second-order valence-electron chi connectivity index (χ2n) is 6.86. The Balaban J connectivity index is 1.32. The summed E-state index contributed by atoms with van der Waals surface area (Å²) in [5, 5.41) is 9.26. The summed E-state index contributed by atoms with van der Waals surface area (Å²) >= 11 is 0. The minimum Gasteiger partial charge on any atom is -0.497 e. The van der Waals surface area contributed by atoms with Crippen molar-refractivity contribution in [2.75, 3.05) is 26.8 Å². The number of carbonyl (C=O) groups is 2. The van der Waals surface area contributed by atoms with E-state index in [1.54, 1.807) is 31.4 Å². The smallest absolute Gasteiger partial charge is 0.315 e. The van der Waals surface area contributed by atoms with Gasteiger partial charge in [-0.1, -0.05) is 24.4 Å². The summed E-state index contributed by atoms with van der Waals surface area (Å²) in [6.45, 7) is 0.392. The number of amides is 2. The molecular formula is C20H26N4O5. The predicted molar refractivity (Wildman–Crippen MR) is 104 cm³/mol. The van der Waals surface area contributed by atoms with Gasteiger partial charge in [0.25, 0.3) is 5.91 Å². The second-order valence-corrected chi connectivity index (χ2v) is 6.86. The summed E-state index contributed by atoms with van der Waals surface area (Å²) in [6, 6.07) is 6.94. The molecule has 0 bridgehead atoms. The first-order chi connectivity index (χ1) is 14.2. The fourth-order valence-corrected chi connectivity index (χ4v) is 3.18. The van der Waals surface area contributed by atoms with Crippen LogP contribution in [0.4, 0.5) is 0 Å². The molecule has 1 aliphatic carbocycles. The van der Waals surface area contributed by atoms with Gasteiger partial charge in [0.15, 0.2) is 12.4 Å². The number of hydrogen-bond acceptors (Lipinski definition) is 7.